The Morgan fingerprint density at radius 1 is 1.36 bits per heavy atom. The van der Waals surface area contributed by atoms with E-state index in [1.165, 1.54) is 0 Å². The highest BCUT2D eigenvalue weighted by molar-refractivity contribution is 4.57. The van der Waals surface area contributed by atoms with Crippen molar-refractivity contribution in [2.24, 2.45) is 0 Å². The molecule has 0 aliphatic carbocycles. The first-order chi connectivity index (χ1) is 6.45. The van der Waals surface area contributed by atoms with Crippen LogP contribution >= 0.6 is 0 Å². The van der Waals surface area contributed by atoms with E-state index in [-0.39, 0.29) is 19.1 Å². The first-order valence-electron chi connectivity index (χ1n) is 4.83. The van der Waals surface area contributed by atoms with Crippen molar-refractivity contribution in [1.82, 2.24) is 5.32 Å². The molecule has 0 aliphatic heterocycles. The maximum absolute atomic E-state index is 11.7. The van der Waals surface area contributed by atoms with Crippen molar-refractivity contribution in [3.05, 3.63) is 0 Å². The summed E-state index contributed by atoms with van der Waals surface area (Å²) in [5, 5.41) is 3.11. The standard InChI is InChI=1S/C9H18F3NO/c1-3-13-8(2)7-14-6-4-5-9(10,11)12/h8,13H,3-7H2,1-2H3. The van der Waals surface area contributed by atoms with Gasteiger partial charge in [0.1, 0.15) is 0 Å². The summed E-state index contributed by atoms with van der Waals surface area (Å²) in [6.45, 7) is 5.39. The van der Waals surface area contributed by atoms with Crippen LogP contribution < -0.4 is 5.32 Å². The highest BCUT2D eigenvalue weighted by Crippen LogP contribution is 2.20. The molecule has 14 heavy (non-hydrogen) atoms. The van der Waals surface area contributed by atoms with Gasteiger partial charge in [-0.25, -0.2) is 0 Å². The number of rotatable bonds is 7. The zero-order valence-electron chi connectivity index (χ0n) is 8.66. The maximum atomic E-state index is 11.7. The van der Waals surface area contributed by atoms with E-state index in [0.717, 1.165) is 6.54 Å². The van der Waals surface area contributed by atoms with E-state index in [2.05, 4.69) is 5.32 Å². The highest BCUT2D eigenvalue weighted by atomic mass is 19.4. The van der Waals surface area contributed by atoms with E-state index in [1.54, 1.807) is 0 Å². The van der Waals surface area contributed by atoms with Gasteiger partial charge in [0.05, 0.1) is 6.61 Å². The quantitative estimate of drug-likeness (QED) is 0.655. The molecule has 0 radical (unpaired) electrons. The molecular weight excluding hydrogens is 195 g/mol. The number of ether oxygens (including phenoxy) is 1. The molecule has 1 unspecified atom stereocenters. The summed E-state index contributed by atoms with van der Waals surface area (Å²) in [5.74, 6) is 0. The molecule has 0 amide bonds. The van der Waals surface area contributed by atoms with E-state index in [4.69, 9.17) is 4.74 Å². The Balaban J connectivity index is 3.21. The largest absolute Gasteiger partial charge is 0.389 e. The minimum atomic E-state index is -4.06. The van der Waals surface area contributed by atoms with Gasteiger partial charge in [0.15, 0.2) is 0 Å². The van der Waals surface area contributed by atoms with E-state index < -0.39 is 12.6 Å². The van der Waals surface area contributed by atoms with Crippen LogP contribution in [0.3, 0.4) is 0 Å². The smallest absolute Gasteiger partial charge is 0.380 e. The van der Waals surface area contributed by atoms with Gasteiger partial charge >= 0.3 is 6.18 Å². The van der Waals surface area contributed by atoms with Crippen LogP contribution in [-0.2, 0) is 4.74 Å². The lowest BCUT2D eigenvalue weighted by Gasteiger charge is -2.12. The molecule has 0 fully saturated rings. The average molecular weight is 213 g/mol. The maximum Gasteiger partial charge on any atom is 0.389 e. The molecule has 1 atom stereocenters. The summed E-state index contributed by atoms with van der Waals surface area (Å²) in [6, 6.07) is 0.200. The fraction of sp³-hybridized carbons (Fsp3) is 1.00. The molecule has 0 aromatic rings. The molecule has 0 aromatic carbocycles. The number of alkyl halides is 3. The second kappa shape index (κ2) is 7.06. The normalized spacial score (nSPS) is 14.4. The molecule has 0 aromatic heterocycles. The minimum absolute atomic E-state index is 0.0440. The molecule has 0 aliphatic rings. The summed E-state index contributed by atoms with van der Waals surface area (Å²) in [4.78, 5) is 0. The lowest BCUT2D eigenvalue weighted by molar-refractivity contribution is -0.137. The molecule has 0 spiro atoms. The summed E-state index contributed by atoms with van der Waals surface area (Å²) in [5.41, 5.74) is 0. The molecule has 0 rings (SSSR count). The fourth-order valence-corrected chi connectivity index (χ4v) is 1.04. The van der Waals surface area contributed by atoms with Crippen molar-refractivity contribution in [3.8, 4) is 0 Å². The van der Waals surface area contributed by atoms with Gasteiger partial charge in [-0.05, 0) is 19.9 Å². The van der Waals surface area contributed by atoms with Gasteiger partial charge in [-0.3, -0.25) is 0 Å². The van der Waals surface area contributed by atoms with Crippen molar-refractivity contribution in [2.45, 2.75) is 38.9 Å². The molecule has 0 saturated heterocycles. The van der Waals surface area contributed by atoms with Gasteiger partial charge in [0.2, 0.25) is 0 Å². The third kappa shape index (κ3) is 9.80. The van der Waals surface area contributed by atoms with Gasteiger partial charge in [-0.2, -0.15) is 13.2 Å². The van der Waals surface area contributed by atoms with Crippen LogP contribution in [0.5, 0.6) is 0 Å². The molecule has 2 nitrogen and oxygen atoms in total. The van der Waals surface area contributed by atoms with Crippen LogP contribution in [-0.4, -0.2) is 32.0 Å². The zero-order valence-corrected chi connectivity index (χ0v) is 8.66. The SMILES string of the molecule is CCNC(C)COCCCC(F)(F)F. The first-order valence-corrected chi connectivity index (χ1v) is 4.83. The summed E-state index contributed by atoms with van der Waals surface area (Å²) >= 11 is 0. The summed E-state index contributed by atoms with van der Waals surface area (Å²) < 4.78 is 40.2. The van der Waals surface area contributed by atoms with Gasteiger partial charge in [0.25, 0.3) is 0 Å². The number of hydrogen-bond acceptors (Lipinski definition) is 2. The van der Waals surface area contributed by atoms with E-state index >= 15 is 0 Å². The second-order valence-corrected chi connectivity index (χ2v) is 3.25. The van der Waals surface area contributed by atoms with Crippen molar-refractivity contribution >= 4 is 0 Å². The lowest BCUT2D eigenvalue weighted by Crippen LogP contribution is -2.30. The lowest BCUT2D eigenvalue weighted by atomic mass is 10.3. The second-order valence-electron chi connectivity index (χ2n) is 3.25. The Kier molecular flexibility index (Phi) is 6.92. The van der Waals surface area contributed by atoms with Crippen LogP contribution in [0.2, 0.25) is 0 Å². The predicted molar refractivity (Wildman–Crippen MR) is 49.2 cm³/mol. The van der Waals surface area contributed by atoms with E-state index in [9.17, 15) is 13.2 Å². The number of nitrogens with one attached hydrogen (secondary N) is 1. The predicted octanol–water partition coefficient (Wildman–Crippen LogP) is 2.34. The van der Waals surface area contributed by atoms with E-state index in [1.807, 2.05) is 13.8 Å². The Morgan fingerprint density at radius 2 is 2.00 bits per heavy atom. The van der Waals surface area contributed by atoms with Crippen LogP contribution in [0.1, 0.15) is 26.7 Å². The average Bonchev–Trinajstić information content (AvgIpc) is 2.02. The molecular formula is C9H18F3NO. The van der Waals surface area contributed by atoms with Gasteiger partial charge in [0, 0.05) is 19.1 Å². The van der Waals surface area contributed by atoms with Crippen molar-refractivity contribution in [3.63, 3.8) is 0 Å². The molecule has 86 valence electrons. The summed E-state index contributed by atoms with van der Waals surface area (Å²) in [7, 11) is 0. The van der Waals surface area contributed by atoms with Gasteiger partial charge in [-0.15, -0.1) is 0 Å². The Bertz CT molecular complexity index is 139. The molecule has 0 bridgehead atoms. The monoisotopic (exact) mass is 213 g/mol. The number of halogens is 3. The van der Waals surface area contributed by atoms with E-state index in [0.29, 0.717) is 6.61 Å². The summed E-state index contributed by atoms with van der Waals surface area (Å²) in [6.07, 6.45) is -4.78. The van der Waals surface area contributed by atoms with Crippen LogP contribution in [0, 0.1) is 0 Å². The van der Waals surface area contributed by atoms with Crippen molar-refractivity contribution in [2.75, 3.05) is 19.8 Å². The van der Waals surface area contributed by atoms with Gasteiger partial charge < -0.3 is 10.1 Å². The Labute approximate surface area is 82.8 Å². The van der Waals surface area contributed by atoms with Crippen LogP contribution in [0.4, 0.5) is 13.2 Å². The molecule has 5 heteroatoms. The number of likely N-dealkylation sites (N-methyl/N-ethyl adjacent to an activating group) is 1. The molecule has 1 N–H and O–H groups in total. The van der Waals surface area contributed by atoms with Crippen LogP contribution in [0.15, 0.2) is 0 Å². The Morgan fingerprint density at radius 3 is 2.50 bits per heavy atom. The fourth-order valence-electron chi connectivity index (χ4n) is 1.04. The minimum Gasteiger partial charge on any atom is -0.380 e. The zero-order chi connectivity index (χ0) is 11.0. The topological polar surface area (TPSA) is 21.3 Å². The third-order valence-electron chi connectivity index (χ3n) is 1.67. The third-order valence-corrected chi connectivity index (χ3v) is 1.67. The van der Waals surface area contributed by atoms with Crippen molar-refractivity contribution < 1.29 is 17.9 Å². The highest BCUT2D eigenvalue weighted by Gasteiger charge is 2.25. The number of hydrogen-bond donors (Lipinski definition) is 1. The first kappa shape index (κ1) is 13.7. The van der Waals surface area contributed by atoms with Crippen molar-refractivity contribution in [1.29, 1.82) is 0 Å². The molecule has 0 saturated carbocycles. The Hall–Kier alpha value is -0.290. The van der Waals surface area contributed by atoms with Gasteiger partial charge in [-0.1, -0.05) is 6.92 Å². The van der Waals surface area contributed by atoms with Crippen LogP contribution in [0.25, 0.3) is 0 Å². The molecule has 0 heterocycles.